The highest BCUT2D eigenvalue weighted by molar-refractivity contribution is 9.11. The summed E-state index contributed by atoms with van der Waals surface area (Å²) in [5.41, 5.74) is 0.843. The molecule has 0 spiro atoms. The Balaban J connectivity index is 2.95. The Morgan fingerprint density at radius 3 is 2.64 bits per heavy atom. The quantitative estimate of drug-likeness (QED) is 0.663. The van der Waals surface area contributed by atoms with Gasteiger partial charge in [0.15, 0.2) is 0 Å². The van der Waals surface area contributed by atoms with Crippen molar-refractivity contribution in [3.63, 3.8) is 0 Å². The average molecular weight is 319 g/mol. The summed E-state index contributed by atoms with van der Waals surface area (Å²) in [4.78, 5) is 4.28. The lowest BCUT2D eigenvalue weighted by Crippen LogP contribution is -1.88. The second kappa shape index (κ2) is 3.59. The molecule has 0 radical (unpaired) electrons. The van der Waals surface area contributed by atoms with Crippen LogP contribution in [0, 0.1) is 12.7 Å². The van der Waals surface area contributed by atoms with E-state index in [1.165, 1.54) is 12.1 Å². The van der Waals surface area contributed by atoms with Crippen LogP contribution in [0.5, 0.6) is 0 Å². The third kappa shape index (κ3) is 1.57. The highest BCUT2D eigenvalue weighted by Gasteiger charge is 2.08. The standard InChI is InChI=1S/C10H6Br2FN/c1-5-9(11)8-4-6(13)2-3-7(8)10(12)14-5/h2-4H,1H3. The van der Waals surface area contributed by atoms with Gasteiger partial charge in [-0.3, -0.25) is 0 Å². The number of nitrogens with zero attached hydrogens (tertiary/aromatic N) is 1. The molecule has 0 atom stereocenters. The number of benzene rings is 1. The third-order valence-corrected chi connectivity index (χ3v) is 3.63. The van der Waals surface area contributed by atoms with Crippen LogP contribution in [0.25, 0.3) is 10.8 Å². The molecular weight excluding hydrogens is 313 g/mol. The molecule has 2 rings (SSSR count). The summed E-state index contributed by atoms with van der Waals surface area (Å²) in [5.74, 6) is -0.240. The van der Waals surface area contributed by atoms with Crippen LogP contribution in [-0.4, -0.2) is 4.98 Å². The molecule has 2 aromatic rings. The average Bonchev–Trinajstić information content (AvgIpc) is 2.14. The molecule has 0 fully saturated rings. The van der Waals surface area contributed by atoms with E-state index >= 15 is 0 Å². The van der Waals surface area contributed by atoms with Gasteiger partial charge in [-0.1, -0.05) is 0 Å². The Kier molecular flexibility index (Phi) is 2.58. The lowest BCUT2D eigenvalue weighted by Gasteiger charge is -2.05. The van der Waals surface area contributed by atoms with Crippen molar-refractivity contribution in [1.29, 1.82) is 0 Å². The fourth-order valence-corrected chi connectivity index (χ4v) is 2.36. The number of fused-ring (bicyclic) bond motifs is 1. The summed E-state index contributed by atoms with van der Waals surface area (Å²) in [7, 11) is 0. The van der Waals surface area contributed by atoms with E-state index in [0.29, 0.717) is 0 Å². The molecule has 1 heterocycles. The predicted molar refractivity (Wildman–Crippen MR) is 61.8 cm³/mol. The minimum Gasteiger partial charge on any atom is -0.244 e. The Morgan fingerprint density at radius 2 is 1.93 bits per heavy atom. The van der Waals surface area contributed by atoms with Gasteiger partial charge in [0.25, 0.3) is 0 Å². The fourth-order valence-electron chi connectivity index (χ4n) is 1.33. The molecule has 0 aliphatic carbocycles. The molecule has 1 nitrogen and oxygen atoms in total. The van der Waals surface area contributed by atoms with Gasteiger partial charge in [0, 0.05) is 15.2 Å². The molecule has 1 aromatic heterocycles. The summed E-state index contributed by atoms with van der Waals surface area (Å²) in [6.07, 6.45) is 0. The van der Waals surface area contributed by atoms with E-state index in [1.54, 1.807) is 6.07 Å². The van der Waals surface area contributed by atoms with Crippen LogP contribution in [0.1, 0.15) is 5.69 Å². The zero-order chi connectivity index (χ0) is 10.3. The van der Waals surface area contributed by atoms with E-state index < -0.39 is 0 Å². The monoisotopic (exact) mass is 317 g/mol. The molecule has 0 saturated carbocycles. The first kappa shape index (κ1) is 10.1. The summed E-state index contributed by atoms with van der Waals surface area (Å²) in [5, 5.41) is 1.74. The summed E-state index contributed by atoms with van der Waals surface area (Å²) < 4.78 is 14.6. The van der Waals surface area contributed by atoms with Gasteiger partial charge in [-0.25, -0.2) is 9.37 Å². The smallest absolute Gasteiger partial charge is 0.123 e. The largest absolute Gasteiger partial charge is 0.244 e. The predicted octanol–water partition coefficient (Wildman–Crippen LogP) is 4.21. The van der Waals surface area contributed by atoms with Crippen molar-refractivity contribution in [2.24, 2.45) is 0 Å². The van der Waals surface area contributed by atoms with Crippen molar-refractivity contribution in [2.45, 2.75) is 6.92 Å². The van der Waals surface area contributed by atoms with Crippen molar-refractivity contribution in [3.8, 4) is 0 Å². The summed E-state index contributed by atoms with van der Waals surface area (Å²) in [6, 6.07) is 4.64. The van der Waals surface area contributed by atoms with Gasteiger partial charge in [-0.2, -0.15) is 0 Å². The molecule has 0 aliphatic rings. The van der Waals surface area contributed by atoms with Crippen LogP contribution in [0.3, 0.4) is 0 Å². The van der Waals surface area contributed by atoms with Gasteiger partial charge in [-0.15, -0.1) is 0 Å². The van der Waals surface area contributed by atoms with Gasteiger partial charge in [0.05, 0.1) is 5.69 Å². The van der Waals surface area contributed by atoms with Crippen LogP contribution in [0.4, 0.5) is 4.39 Å². The van der Waals surface area contributed by atoms with Crippen molar-refractivity contribution in [2.75, 3.05) is 0 Å². The Bertz CT molecular complexity index is 511. The normalized spacial score (nSPS) is 10.9. The molecule has 0 bridgehead atoms. The van der Waals surface area contributed by atoms with Crippen LogP contribution in [-0.2, 0) is 0 Å². The van der Waals surface area contributed by atoms with E-state index in [9.17, 15) is 4.39 Å². The van der Waals surface area contributed by atoms with Crippen molar-refractivity contribution in [3.05, 3.63) is 38.8 Å². The van der Waals surface area contributed by atoms with E-state index in [-0.39, 0.29) is 5.82 Å². The molecule has 72 valence electrons. The van der Waals surface area contributed by atoms with Crippen molar-refractivity contribution >= 4 is 42.6 Å². The molecule has 0 amide bonds. The number of aromatic nitrogens is 1. The fraction of sp³-hybridized carbons (Fsp3) is 0.100. The van der Waals surface area contributed by atoms with E-state index in [4.69, 9.17) is 0 Å². The molecular formula is C10H6Br2FN. The number of rotatable bonds is 0. The molecule has 0 aliphatic heterocycles. The lowest BCUT2D eigenvalue weighted by atomic mass is 10.1. The zero-order valence-electron chi connectivity index (χ0n) is 7.31. The molecule has 14 heavy (non-hydrogen) atoms. The van der Waals surface area contributed by atoms with Crippen LogP contribution >= 0.6 is 31.9 Å². The topological polar surface area (TPSA) is 12.9 Å². The maximum absolute atomic E-state index is 13.0. The number of hydrogen-bond donors (Lipinski definition) is 0. The molecule has 4 heteroatoms. The summed E-state index contributed by atoms with van der Waals surface area (Å²) >= 11 is 6.75. The number of halogens is 3. The molecule has 1 aromatic carbocycles. The third-order valence-electron chi connectivity index (χ3n) is 2.02. The molecule has 0 unspecified atom stereocenters. The van der Waals surface area contributed by atoms with Crippen LogP contribution < -0.4 is 0 Å². The highest BCUT2D eigenvalue weighted by Crippen LogP contribution is 2.31. The second-order valence-corrected chi connectivity index (χ2v) is 4.54. The van der Waals surface area contributed by atoms with E-state index in [0.717, 1.165) is 25.5 Å². The first-order chi connectivity index (χ1) is 6.59. The van der Waals surface area contributed by atoms with Gasteiger partial charge in [0.1, 0.15) is 10.4 Å². The number of pyridine rings is 1. The first-order valence-corrected chi connectivity index (χ1v) is 5.59. The van der Waals surface area contributed by atoms with Gasteiger partial charge in [0.2, 0.25) is 0 Å². The van der Waals surface area contributed by atoms with Crippen LogP contribution in [0.15, 0.2) is 27.3 Å². The first-order valence-electron chi connectivity index (χ1n) is 4.00. The minimum atomic E-state index is -0.240. The van der Waals surface area contributed by atoms with Gasteiger partial charge in [-0.05, 0) is 57.0 Å². The van der Waals surface area contributed by atoms with Gasteiger partial charge < -0.3 is 0 Å². The van der Waals surface area contributed by atoms with E-state index in [2.05, 4.69) is 36.8 Å². The zero-order valence-corrected chi connectivity index (χ0v) is 10.5. The Hall–Kier alpha value is -0.480. The Labute approximate surface area is 97.6 Å². The molecule has 0 saturated heterocycles. The molecule has 0 N–H and O–H groups in total. The maximum atomic E-state index is 13.0. The Morgan fingerprint density at radius 1 is 1.21 bits per heavy atom. The number of aryl methyl sites for hydroxylation is 1. The highest BCUT2D eigenvalue weighted by atomic mass is 79.9. The van der Waals surface area contributed by atoms with E-state index in [1.807, 2.05) is 6.92 Å². The second-order valence-electron chi connectivity index (χ2n) is 2.99. The van der Waals surface area contributed by atoms with Crippen LogP contribution in [0.2, 0.25) is 0 Å². The van der Waals surface area contributed by atoms with Crippen molar-refractivity contribution < 1.29 is 4.39 Å². The lowest BCUT2D eigenvalue weighted by molar-refractivity contribution is 0.629. The SMILES string of the molecule is Cc1nc(Br)c2ccc(F)cc2c1Br. The van der Waals surface area contributed by atoms with Gasteiger partial charge >= 0.3 is 0 Å². The number of hydrogen-bond acceptors (Lipinski definition) is 1. The van der Waals surface area contributed by atoms with Crippen molar-refractivity contribution in [1.82, 2.24) is 4.98 Å². The minimum absolute atomic E-state index is 0.240. The summed E-state index contributed by atoms with van der Waals surface area (Å²) in [6.45, 7) is 1.87. The maximum Gasteiger partial charge on any atom is 0.123 e.